The molecule has 0 radical (unpaired) electrons. The second kappa shape index (κ2) is 7.14. The number of piperidine rings is 1. The van der Waals surface area contributed by atoms with Crippen LogP contribution >= 0.6 is 11.6 Å². The fourth-order valence-corrected chi connectivity index (χ4v) is 3.01. The van der Waals surface area contributed by atoms with E-state index < -0.39 is 5.97 Å². The lowest BCUT2D eigenvalue weighted by atomic mass is 10.1. The zero-order valence-corrected chi connectivity index (χ0v) is 14.4. The van der Waals surface area contributed by atoms with Gasteiger partial charge in [-0.25, -0.2) is 4.79 Å². The third kappa shape index (κ3) is 3.76. The standard InChI is InChI=1S/C17H18ClN3O4/c1-20-14(10-13(19-20)17(23)24)16(22)21-8-6-11(7-9-21)25-15-5-3-2-4-12(15)18/h2-5,10-11H,6-9H2,1H3,(H,23,24). The number of carboxylic acid groups (broad SMARTS) is 1. The first kappa shape index (κ1) is 17.3. The van der Waals surface area contributed by atoms with Crippen molar-refractivity contribution in [2.75, 3.05) is 13.1 Å². The first-order valence-corrected chi connectivity index (χ1v) is 8.31. The summed E-state index contributed by atoms with van der Waals surface area (Å²) in [6, 6.07) is 8.61. The number of carbonyl (C=O) groups is 2. The molecule has 1 amide bonds. The third-order valence-corrected chi connectivity index (χ3v) is 4.49. The number of aromatic carboxylic acids is 1. The summed E-state index contributed by atoms with van der Waals surface area (Å²) in [5, 5.41) is 13.4. The molecule has 1 aliphatic rings. The molecule has 0 spiro atoms. The average Bonchev–Trinajstić information content (AvgIpc) is 2.99. The summed E-state index contributed by atoms with van der Waals surface area (Å²) in [6.45, 7) is 1.06. The van der Waals surface area contributed by atoms with Gasteiger partial charge in [-0.1, -0.05) is 23.7 Å². The van der Waals surface area contributed by atoms with Gasteiger partial charge in [0.25, 0.3) is 5.91 Å². The number of aryl methyl sites for hydroxylation is 1. The molecule has 0 aliphatic carbocycles. The molecule has 0 bridgehead atoms. The van der Waals surface area contributed by atoms with E-state index in [-0.39, 0.29) is 23.4 Å². The molecule has 1 aliphatic heterocycles. The Morgan fingerprint density at radius 3 is 2.56 bits per heavy atom. The number of para-hydroxylation sites is 1. The lowest BCUT2D eigenvalue weighted by Crippen LogP contribution is -2.42. The highest BCUT2D eigenvalue weighted by Crippen LogP contribution is 2.27. The van der Waals surface area contributed by atoms with Crippen LogP contribution in [-0.2, 0) is 7.05 Å². The second-order valence-electron chi connectivity index (χ2n) is 5.88. The summed E-state index contributed by atoms with van der Waals surface area (Å²) in [4.78, 5) is 25.3. The van der Waals surface area contributed by atoms with E-state index in [2.05, 4.69) is 5.10 Å². The Kier molecular flexibility index (Phi) is 4.94. The van der Waals surface area contributed by atoms with Gasteiger partial charge in [0.2, 0.25) is 0 Å². The molecule has 1 saturated heterocycles. The topological polar surface area (TPSA) is 84.7 Å². The van der Waals surface area contributed by atoms with Crippen LogP contribution in [-0.4, -0.2) is 50.9 Å². The summed E-state index contributed by atoms with van der Waals surface area (Å²) in [5.74, 6) is -0.730. The monoisotopic (exact) mass is 363 g/mol. The molecule has 1 N–H and O–H groups in total. The van der Waals surface area contributed by atoms with Crippen molar-refractivity contribution in [2.45, 2.75) is 18.9 Å². The molecule has 0 atom stereocenters. The zero-order chi connectivity index (χ0) is 18.0. The van der Waals surface area contributed by atoms with E-state index in [1.54, 1.807) is 18.0 Å². The van der Waals surface area contributed by atoms with Crippen LogP contribution in [0.4, 0.5) is 0 Å². The third-order valence-electron chi connectivity index (χ3n) is 4.18. The van der Waals surface area contributed by atoms with Crippen LogP contribution in [0.1, 0.15) is 33.8 Å². The summed E-state index contributed by atoms with van der Waals surface area (Å²) in [6.07, 6.45) is 1.35. The van der Waals surface area contributed by atoms with Crippen molar-refractivity contribution in [3.05, 3.63) is 46.7 Å². The van der Waals surface area contributed by atoms with E-state index in [1.807, 2.05) is 18.2 Å². The number of halogens is 1. The van der Waals surface area contributed by atoms with Crippen molar-refractivity contribution in [1.82, 2.24) is 14.7 Å². The normalized spacial score (nSPS) is 15.2. The van der Waals surface area contributed by atoms with Crippen LogP contribution in [0.2, 0.25) is 5.02 Å². The smallest absolute Gasteiger partial charge is 0.356 e. The fraction of sp³-hybridized carbons (Fsp3) is 0.353. The van der Waals surface area contributed by atoms with Gasteiger partial charge in [-0.15, -0.1) is 0 Å². The molecule has 0 unspecified atom stereocenters. The van der Waals surface area contributed by atoms with Crippen molar-refractivity contribution < 1.29 is 19.4 Å². The van der Waals surface area contributed by atoms with Crippen LogP contribution in [0.3, 0.4) is 0 Å². The van der Waals surface area contributed by atoms with Gasteiger partial charge < -0.3 is 14.7 Å². The molecular weight excluding hydrogens is 346 g/mol. The molecule has 132 valence electrons. The Morgan fingerprint density at radius 1 is 1.28 bits per heavy atom. The molecule has 8 heteroatoms. The van der Waals surface area contributed by atoms with Gasteiger partial charge in [0.1, 0.15) is 17.5 Å². The molecule has 7 nitrogen and oxygen atoms in total. The molecule has 1 aromatic heterocycles. The van der Waals surface area contributed by atoms with Crippen molar-refractivity contribution >= 4 is 23.5 Å². The highest BCUT2D eigenvalue weighted by atomic mass is 35.5. The summed E-state index contributed by atoms with van der Waals surface area (Å²) in [7, 11) is 1.56. The summed E-state index contributed by atoms with van der Waals surface area (Å²) in [5.41, 5.74) is 0.130. The van der Waals surface area contributed by atoms with E-state index in [0.717, 1.165) is 0 Å². The minimum Gasteiger partial charge on any atom is -0.489 e. The van der Waals surface area contributed by atoms with E-state index in [1.165, 1.54) is 10.7 Å². The SMILES string of the molecule is Cn1nc(C(=O)O)cc1C(=O)N1CCC(Oc2ccccc2Cl)CC1. The lowest BCUT2D eigenvalue weighted by molar-refractivity contribution is 0.0585. The number of hydrogen-bond donors (Lipinski definition) is 1. The number of benzene rings is 1. The van der Waals surface area contributed by atoms with Crippen LogP contribution in [0, 0.1) is 0 Å². The van der Waals surface area contributed by atoms with Crippen LogP contribution in [0.25, 0.3) is 0 Å². The number of aromatic nitrogens is 2. The lowest BCUT2D eigenvalue weighted by Gasteiger charge is -2.32. The van der Waals surface area contributed by atoms with Gasteiger partial charge in [0, 0.05) is 39.0 Å². The average molecular weight is 364 g/mol. The Hall–Kier alpha value is -2.54. The van der Waals surface area contributed by atoms with E-state index in [4.69, 9.17) is 21.4 Å². The number of likely N-dealkylation sites (tertiary alicyclic amines) is 1. The van der Waals surface area contributed by atoms with Gasteiger partial charge in [-0.2, -0.15) is 5.10 Å². The van der Waals surface area contributed by atoms with Crippen molar-refractivity contribution in [3.8, 4) is 5.75 Å². The van der Waals surface area contributed by atoms with Gasteiger partial charge in [0.15, 0.2) is 5.69 Å². The van der Waals surface area contributed by atoms with Gasteiger partial charge in [-0.3, -0.25) is 9.48 Å². The highest BCUT2D eigenvalue weighted by Gasteiger charge is 2.27. The Morgan fingerprint density at radius 2 is 1.96 bits per heavy atom. The molecule has 0 saturated carbocycles. The largest absolute Gasteiger partial charge is 0.489 e. The number of carboxylic acids is 1. The summed E-state index contributed by atoms with van der Waals surface area (Å²) >= 11 is 6.10. The number of rotatable bonds is 4. The predicted molar refractivity (Wildman–Crippen MR) is 91.2 cm³/mol. The Balaban J connectivity index is 1.61. The van der Waals surface area contributed by atoms with Crippen LogP contribution in [0.15, 0.2) is 30.3 Å². The molecular formula is C17H18ClN3O4. The van der Waals surface area contributed by atoms with Crippen LogP contribution < -0.4 is 4.74 Å². The maximum absolute atomic E-state index is 12.6. The van der Waals surface area contributed by atoms with E-state index >= 15 is 0 Å². The number of nitrogens with zero attached hydrogens (tertiary/aromatic N) is 3. The van der Waals surface area contributed by atoms with Crippen molar-refractivity contribution in [1.29, 1.82) is 0 Å². The number of ether oxygens (including phenoxy) is 1. The zero-order valence-electron chi connectivity index (χ0n) is 13.7. The number of amides is 1. The van der Waals surface area contributed by atoms with Gasteiger partial charge >= 0.3 is 5.97 Å². The minimum atomic E-state index is -1.15. The fourth-order valence-electron chi connectivity index (χ4n) is 2.83. The van der Waals surface area contributed by atoms with E-state index in [9.17, 15) is 9.59 Å². The first-order chi connectivity index (χ1) is 12.0. The van der Waals surface area contributed by atoms with Gasteiger partial charge in [-0.05, 0) is 12.1 Å². The first-order valence-electron chi connectivity index (χ1n) is 7.93. The Bertz CT molecular complexity index is 797. The maximum Gasteiger partial charge on any atom is 0.356 e. The molecule has 1 fully saturated rings. The second-order valence-corrected chi connectivity index (χ2v) is 6.29. The molecule has 1 aromatic carbocycles. The van der Waals surface area contributed by atoms with Crippen molar-refractivity contribution in [2.24, 2.45) is 7.05 Å². The maximum atomic E-state index is 12.6. The quantitative estimate of drug-likeness (QED) is 0.901. The minimum absolute atomic E-state index is 0.00920. The Labute approximate surface area is 149 Å². The molecule has 2 aromatic rings. The predicted octanol–water partition coefficient (Wildman–Crippen LogP) is 2.46. The number of carbonyl (C=O) groups excluding carboxylic acids is 1. The number of hydrogen-bond acceptors (Lipinski definition) is 4. The molecule has 25 heavy (non-hydrogen) atoms. The van der Waals surface area contributed by atoms with Crippen LogP contribution in [0.5, 0.6) is 5.75 Å². The molecule has 2 heterocycles. The van der Waals surface area contributed by atoms with Gasteiger partial charge in [0.05, 0.1) is 5.02 Å². The van der Waals surface area contributed by atoms with Crippen molar-refractivity contribution in [3.63, 3.8) is 0 Å². The molecule has 3 rings (SSSR count). The van der Waals surface area contributed by atoms with E-state index in [0.29, 0.717) is 36.7 Å². The summed E-state index contributed by atoms with van der Waals surface area (Å²) < 4.78 is 7.22. The highest BCUT2D eigenvalue weighted by molar-refractivity contribution is 6.32.